The van der Waals surface area contributed by atoms with Gasteiger partial charge in [-0.2, -0.15) is 0 Å². The van der Waals surface area contributed by atoms with E-state index in [-0.39, 0.29) is 11.7 Å². The standard InChI is InChI=1S/C20H19FN4O/c1-12(15-4-2-3-5-17(15)21)18-11-23-20(25-24-18)16-8-13-6-7-22-10-14(13)9-19(16)26/h6-11,15,17,26H,1-5H2/t15-,17+/m0/s1. The van der Waals surface area contributed by atoms with Crippen molar-refractivity contribution in [3.63, 3.8) is 0 Å². The number of fused-ring (bicyclic) bond motifs is 1. The summed E-state index contributed by atoms with van der Waals surface area (Å²) >= 11 is 0. The average molecular weight is 350 g/mol. The number of nitrogens with zero attached hydrogens (tertiary/aromatic N) is 4. The van der Waals surface area contributed by atoms with Crippen molar-refractivity contribution < 1.29 is 9.50 Å². The summed E-state index contributed by atoms with van der Waals surface area (Å²) < 4.78 is 14.2. The van der Waals surface area contributed by atoms with Crippen LogP contribution in [0.1, 0.15) is 31.4 Å². The van der Waals surface area contributed by atoms with Crippen molar-refractivity contribution in [1.82, 2.24) is 20.2 Å². The van der Waals surface area contributed by atoms with Crippen molar-refractivity contribution in [3.8, 4) is 17.1 Å². The third-order valence-corrected chi connectivity index (χ3v) is 5.02. The predicted molar refractivity (Wildman–Crippen MR) is 98.1 cm³/mol. The minimum Gasteiger partial charge on any atom is -0.507 e. The van der Waals surface area contributed by atoms with E-state index in [0.717, 1.165) is 30.0 Å². The van der Waals surface area contributed by atoms with E-state index >= 15 is 0 Å². The van der Waals surface area contributed by atoms with Gasteiger partial charge in [-0.1, -0.05) is 19.4 Å². The Labute approximate surface area is 150 Å². The summed E-state index contributed by atoms with van der Waals surface area (Å²) in [6.45, 7) is 4.02. The van der Waals surface area contributed by atoms with E-state index in [1.54, 1.807) is 30.7 Å². The number of phenols is 1. The number of allylic oxidation sites excluding steroid dienone is 1. The summed E-state index contributed by atoms with van der Waals surface area (Å²) in [4.78, 5) is 8.37. The van der Waals surface area contributed by atoms with Gasteiger partial charge in [0.05, 0.1) is 11.8 Å². The molecule has 1 fully saturated rings. The van der Waals surface area contributed by atoms with Crippen LogP contribution >= 0.6 is 0 Å². The lowest BCUT2D eigenvalue weighted by Crippen LogP contribution is -2.22. The summed E-state index contributed by atoms with van der Waals surface area (Å²) in [6, 6.07) is 5.28. The molecule has 0 spiro atoms. The van der Waals surface area contributed by atoms with Crippen LogP contribution in [-0.2, 0) is 0 Å². The molecule has 1 aliphatic carbocycles. The van der Waals surface area contributed by atoms with E-state index in [1.807, 2.05) is 6.07 Å². The zero-order valence-electron chi connectivity index (χ0n) is 14.3. The van der Waals surface area contributed by atoms with E-state index in [2.05, 4.69) is 26.7 Å². The van der Waals surface area contributed by atoms with Crippen LogP contribution in [0.2, 0.25) is 0 Å². The summed E-state index contributed by atoms with van der Waals surface area (Å²) in [7, 11) is 0. The number of phenolic OH excluding ortho intramolecular Hbond substituents is 1. The highest BCUT2D eigenvalue weighted by Gasteiger charge is 2.28. The molecule has 2 aromatic heterocycles. The maximum atomic E-state index is 14.2. The Morgan fingerprint density at radius 1 is 1.12 bits per heavy atom. The number of rotatable bonds is 3. The molecule has 0 saturated heterocycles. The van der Waals surface area contributed by atoms with Crippen LogP contribution in [0, 0.1) is 5.92 Å². The second-order valence-electron chi connectivity index (χ2n) is 6.69. The number of hydrogen-bond donors (Lipinski definition) is 1. The summed E-state index contributed by atoms with van der Waals surface area (Å²) in [5.74, 6) is 0.167. The van der Waals surface area contributed by atoms with E-state index in [4.69, 9.17) is 0 Å². The molecule has 0 radical (unpaired) electrons. The number of aromatic nitrogens is 4. The first-order valence-corrected chi connectivity index (χ1v) is 8.73. The minimum atomic E-state index is -0.879. The van der Waals surface area contributed by atoms with Crippen LogP contribution in [0.4, 0.5) is 4.39 Å². The van der Waals surface area contributed by atoms with Gasteiger partial charge in [-0.25, -0.2) is 9.37 Å². The molecule has 132 valence electrons. The zero-order valence-corrected chi connectivity index (χ0v) is 14.3. The molecule has 26 heavy (non-hydrogen) atoms. The summed E-state index contributed by atoms with van der Waals surface area (Å²) in [5.41, 5.74) is 1.65. The highest BCUT2D eigenvalue weighted by atomic mass is 19.1. The number of pyridine rings is 1. The van der Waals surface area contributed by atoms with Gasteiger partial charge in [0.2, 0.25) is 0 Å². The smallest absolute Gasteiger partial charge is 0.185 e. The molecule has 1 aliphatic rings. The fraction of sp³-hybridized carbons (Fsp3) is 0.300. The Morgan fingerprint density at radius 3 is 2.73 bits per heavy atom. The fourth-order valence-electron chi connectivity index (χ4n) is 3.52. The number of aromatic hydroxyl groups is 1. The quantitative estimate of drug-likeness (QED) is 0.761. The number of hydrogen-bond acceptors (Lipinski definition) is 5. The van der Waals surface area contributed by atoms with Crippen molar-refractivity contribution >= 4 is 16.3 Å². The first-order valence-electron chi connectivity index (χ1n) is 8.73. The van der Waals surface area contributed by atoms with Crippen molar-refractivity contribution in [2.24, 2.45) is 5.92 Å². The van der Waals surface area contributed by atoms with Gasteiger partial charge in [0.1, 0.15) is 17.6 Å². The Balaban J connectivity index is 1.64. The van der Waals surface area contributed by atoms with Crippen molar-refractivity contribution in [3.05, 3.63) is 49.1 Å². The predicted octanol–water partition coefficient (Wildman–Crippen LogP) is 4.33. The van der Waals surface area contributed by atoms with Gasteiger partial charge in [-0.3, -0.25) is 4.98 Å². The van der Waals surface area contributed by atoms with Gasteiger partial charge in [-0.05, 0) is 42.0 Å². The van der Waals surface area contributed by atoms with Crippen LogP contribution in [-0.4, -0.2) is 31.4 Å². The lowest BCUT2D eigenvalue weighted by molar-refractivity contribution is 0.205. The molecule has 1 aromatic carbocycles. The highest BCUT2D eigenvalue weighted by Crippen LogP contribution is 2.36. The third-order valence-electron chi connectivity index (χ3n) is 5.02. The minimum absolute atomic E-state index is 0.0648. The van der Waals surface area contributed by atoms with Crippen LogP contribution in [0.25, 0.3) is 27.7 Å². The number of halogens is 1. The van der Waals surface area contributed by atoms with Gasteiger partial charge in [-0.15, -0.1) is 10.2 Å². The topological polar surface area (TPSA) is 71.8 Å². The molecular formula is C20H19FN4O. The van der Waals surface area contributed by atoms with Crippen molar-refractivity contribution in [2.75, 3.05) is 0 Å². The molecule has 0 amide bonds. The maximum absolute atomic E-state index is 14.2. The van der Waals surface area contributed by atoms with Gasteiger partial charge in [0.15, 0.2) is 5.82 Å². The Hall–Kier alpha value is -2.89. The van der Waals surface area contributed by atoms with Gasteiger partial charge >= 0.3 is 0 Å². The average Bonchev–Trinajstić information content (AvgIpc) is 2.67. The van der Waals surface area contributed by atoms with E-state index < -0.39 is 6.17 Å². The van der Waals surface area contributed by atoms with E-state index in [0.29, 0.717) is 29.1 Å². The van der Waals surface area contributed by atoms with Gasteiger partial charge < -0.3 is 5.11 Å². The zero-order chi connectivity index (χ0) is 18.1. The molecule has 1 N–H and O–H groups in total. The van der Waals surface area contributed by atoms with Crippen molar-refractivity contribution in [2.45, 2.75) is 31.9 Å². The summed E-state index contributed by atoms with van der Waals surface area (Å²) in [6.07, 6.45) is 7.33. The van der Waals surface area contributed by atoms with Crippen LogP contribution in [0.3, 0.4) is 0 Å². The largest absolute Gasteiger partial charge is 0.507 e. The maximum Gasteiger partial charge on any atom is 0.185 e. The normalized spacial score (nSPS) is 20.2. The van der Waals surface area contributed by atoms with E-state index in [9.17, 15) is 9.50 Å². The fourth-order valence-corrected chi connectivity index (χ4v) is 3.52. The van der Waals surface area contributed by atoms with Crippen molar-refractivity contribution in [1.29, 1.82) is 0 Å². The molecule has 1 saturated carbocycles. The summed E-state index contributed by atoms with van der Waals surface area (Å²) in [5, 5.41) is 20.4. The number of alkyl halides is 1. The molecule has 3 aromatic rings. The first kappa shape index (κ1) is 16.6. The monoisotopic (exact) mass is 350 g/mol. The molecule has 0 bridgehead atoms. The lowest BCUT2D eigenvalue weighted by Gasteiger charge is -2.26. The molecule has 4 rings (SSSR count). The second kappa shape index (κ2) is 6.78. The first-order chi connectivity index (χ1) is 12.6. The van der Waals surface area contributed by atoms with Crippen LogP contribution in [0.5, 0.6) is 5.75 Å². The second-order valence-corrected chi connectivity index (χ2v) is 6.69. The Kier molecular flexibility index (Phi) is 4.32. The Bertz CT molecular complexity index is 958. The molecule has 0 aliphatic heterocycles. The molecule has 2 heterocycles. The molecule has 5 nitrogen and oxygen atoms in total. The SMILES string of the molecule is C=C(c1cnc(-c2cc3ccncc3cc2O)nn1)[C@@H]1CCCC[C@H]1F. The van der Waals surface area contributed by atoms with Crippen LogP contribution < -0.4 is 0 Å². The molecule has 6 heteroatoms. The molecule has 0 unspecified atom stereocenters. The van der Waals surface area contributed by atoms with E-state index in [1.165, 1.54) is 0 Å². The highest BCUT2D eigenvalue weighted by molar-refractivity contribution is 5.88. The van der Waals surface area contributed by atoms with Gasteiger partial charge in [0.25, 0.3) is 0 Å². The van der Waals surface area contributed by atoms with Gasteiger partial charge in [0, 0.05) is 23.7 Å². The molecule has 2 atom stereocenters. The van der Waals surface area contributed by atoms with Crippen LogP contribution in [0.15, 0.2) is 43.4 Å². The Morgan fingerprint density at radius 2 is 1.96 bits per heavy atom. The molecular weight excluding hydrogens is 331 g/mol. The number of benzene rings is 1. The lowest BCUT2D eigenvalue weighted by atomic mass is 9.82. The third kappa shape index (κ3) is 3.03.